The fraction of sp³-hybridized carbons (Fsp3) is 0.688. The lowest BCUT2D eigenvalue weighted by molar-refractivity contribution is -0.134. The number of aliphatic hydroxyl groups is 1. The van der Waals surface area contributed by atoms with Crippen LogP contribution >= 0.6 is 0 Å². The molecule has 3 heteroatoms. The van der Waals surface area contributed by atoms with E-state index in [1.807, 2.05) is 6.92 Å². The van der Waals surface area contributed by atoms with E-state index in [2.05, 4.69) is 25.2 Å². The Labute approximate surface area is 116 Å². The Morgan fingerprint density at radius 1 is 1.58 bits per heavy atom. The third-order valence-electron chi connectivity index (χ3n) is 4.38. The van der Waals surface area contributed by atoms with Crippen molar-refractivity contribution in [1.29, 1.82) is 0 Å². The van der Waals surface area contributed by atoms with Crippen LogP contribution in [0.1, 0.15) is 46.5 Å². The molecule has 2 atom stereocenters. The van der Waals surface area contributed by atoms with Crippen molar-refractivity contribution in [2.75, 3.05) is 7.11 Å². The summed E-state index contributed by atoms with van der Waals surface area (Å²) in [4.78, 5) is 11.2. The first-order valence-corrected chi connectivity index (χ1v) is 6.90. The van der Waals surface area contributed by atoms with Crippen molar-refractivity contribution in [1.82, 2.24) is 0 Å². The molecule has 1 aliphatic carbocycles. The van der Waals surface area contributed by atoms with E-state index in [0.29, 0.717) is 5.92 Å². The number of hydrogen-bond donors (Lipinski definition) is 1. The maximum Gasteiger partial charge on any atom is 0.330 e. The van der Waals surface area contributed by atoms with Crippen molar-refractivity contribution in [2.45, 2.75) is 52.6 Å². The Morgan fingerprint density at radius 3 is 2.79 bits per heavy atom. The molecule has 0 unspecified atom stereocenters. The van der Waals surface area contributed by atoms with Gasteiger partial charge in [-0.25, -0.2) is 4.79 Å². The van der Waals surface area contributed by atoms with Gasteiger partial charge in [-0.3, -0.25) is 0 Å². The fourth-order valence-corrected chi connectivity index (χ4v) is 2.91. The number of aliphatic hydroxyl groups excluding tert-OH is 1. The number of allylic oxidation sites excluding steroid dienone is 2. The molecular weight excluding hydrogens is 240 g/mol. The monoisotopic (exact) mass is 266 g/mol. The van der Waals surface area contributed by atoms with Gasteiger partial charge in [0.25, 0.3) is 0 Å². The largest absolute Gasteiger partial charge is 0.466 e. The van der Waals surface area contributed by atoms with Crippen molar-refractivity contribution < 1.29 is 14.6 Å². The van der Waals surface area contributed by atoms with Crippen LogP contribution in [0.15, 0.2) is 23.8 Å². The molecule has 1 saturated carbocycles. The number of carbonyl (C=O) groups is 1. The number of hydrogen-bond acceptors (Lipinski definition) is 3. The number of rotatable bonds is 4. The zero-order valence-electron chi connectivity index (χ0n) is 12.5. The number of ether oxygens (including phenoxy) is 1. The molecule has 1 aliphatic rings. The lowest BCUT2D eigenvalue weighted by Gasteiger charge is -2.44. The van der Waals surface area contributed by atoms with Gasteiger partial charge in [-0.05, 0) is 43.9 Å². The minimum Gasteiger partial charge on any atom is -0.466 e. The minimum absolute atomic E-state index is 0.138. The second-order valence-corrected chi connectivity index (χ2v) is 6.14. The Kier molecular flexibility index (Phi) is 5.36. The second kappa shape index (κ2) is 6.38. The van der Waals surface area contributed by atoms with Crippen LogP contribution in [0.3, 0.4) is 0 Å². The van der Waals surface area contributed by atoms with Crippen LogP contribution in [0.2, 0.25) is 0 Å². The summed E-state index contributed by atoms with van der Waals surface area (Å²) >= 11 is 0. The maximum absolute atomic E-state index is 11.2. The van der Waals surface area contributed by atoms with Crippen LogP contribution in [-0.2, 0) is 9.53 Å². The lowest BCUT2D eigenvalue weighted by Crippen LogP contribution is -2.41. The van der Waals surface area contributed by atoms with Crippen LogP contribution in [0.5, 0.6) is 0 Å². The molecule has 3 nitrogen and oxygen atoms in total. The molecule has 0 bridgehead atoms. The van der Waals surface area contributed by atoms with E-state index in [1.54, 1.807) is 0 Å². The maximum atomic E-state index is 11.2. The van der Waals surface area contributed by atoms with Crippen LogP contribution in [0.4, 0.5) is 0 Å². The summed E-state index contributed by atoms with van der Waals surface area (Å²) in [6, 6.07) is 0. The molecule has 19 heavy (non-hydrogen) atoms. The lowest BCUT2D eigenvalue weighted by atomic mass is 9.63. The molecule has 1 N–H and O–H groups in total. The van der Waals surface area contributed by atoms with Crippen molar-refractivity contribution in [3.63, 3.8) is 0 Å². The molecule has 108 valence electrons. The summed E-state index contributed by atoms with van der Waals surface area (Å²) < 4.78 is 4.62. The van der Waals surface area contributed by atoms with E-state index >= 15 is 0 Å². The van der Waals surface area contributed by atoms with Gasteiger partial charge in [-0.1, -0.05) is 31.6 Å². The third-order valence-corrected chi connectivity index (χ3v) is 4.38. The van der Waals surface area contributed by atoms with Crippen LogP contribution in [0.25, 0.3) is 0 Å². The zero-order valence-corrected chi connectivity index (χ0v) is 12.5. The van der Waals surface area contributed by atoms with Crippen LogP contribution in [0, 0.1) is 11.3 Å². The van der Waals surface area contributed by atoms with E-state index in [1.165, 1.54) is 18.8 Å². The minimum atomic E-state index is -0.306. The van der Waals surface area contributed by atoms with Gasteiger partial charge in [-0.15, -0.1) is 0 Å². The van der Waals surface area contributed by atoms with Gasteiger partial charge in [0.05, 0.1) is 13.2 Å². The van der Waals surface area contributed by atoms with Crippen LogP contribution < -0.4 is 0 Å². The molecule has 1 fully saturated rings. The normalized spacial score (nSPS) is 27.2. The molecule has 0 aliphatic heterocycles. The quantitative estimate of drug-likeness (QED) is 0.483. The standard InChI is InChI=1S/C16H26O3/c1-11(10-15(18)19-5)6-8-13-12(2)7-9-14(17)16(13,3)4/h10,13-14,17H,2,6-9H2,1,3-5H3/b11-10+/t13-,14+/m1/s1. The van der Waals surface area contributed by atoms with Gasteiger partial charge in [0.15, 0.2) is 0 Å². The van der Waals surface area contributed by atoms with Gasteiger partial charge >= 0.3 is 5.97 Å². The van der Waals surface area contributed by atoms with Gasteiger partial charge < -0.3 is 9.84 Å². The smallest absolute Gasteiger partial charge is 0.330 e. The highest BCUT2D eigenvalue weighted by Crippen LogP contribution is 2.45. The van der Waals surface area contributed by atoms with E-state index in [4.69, 9.17) is 0 Å². The highest BCUT2D eigenvalue weighted by molar-refractivity contribution is 5.82. The molecule has 0 aromatic heterocycles. The van der Waals surface area contributed by atoms with Crippen molar-refractivity contribution in [3.05, 3.63) is 23.8 Å². The van der Waals surface area contributed by atoms with E-state index in [-0.39, 0.29) is 17.5 Å². The molecule has 0 saturated heterocycles. The predicted octanol–water partition coefficient (Wildman–Crippen LogP) is 3.24. The Hall–Kier alpha value is -1.09. The molecule has 0 aromatic rings. The van der Waals surface area contributed by atoms with Gasteiger partial charge in [0.1, 0.15) is 0 Å². The molecule has 0 radical (unpaired) electrons. The number of methoxy groups -OCH3 is 1. The van der Waals surface area contributed by atoms with Gasteiger partial charge in [0.2, 0.25) is 0 Å². The molecule has 0 spiro atoms. The summed E-state index contributed by atoms with van der Waals surface area (Å²) in [5, 5.41) is 10.1. The topological polar surface area (TPSA) is 46.5 Å². The summed E-state index contributed by atoms with van der Waals surface area (Å²) in [7, 11) is 1.38. The first-order chi connectivity index (χ1) is 8.78. The summed E-state index contributed by atoms with van der Waals surface area (Å²) in [5.41, 5.74) is 2.10. The van der Waals surface area contributed by atoms with Crippen molar-refractivity contribution in [2.24, 2.45) is 11.3 Å². The highest BCUT2D eigenvalue weighted by atomic mass is 16.5. The van der Waals surface area contributed by atoms with Crippen LogP contribution in [-0.4, -0.2) is 24.3 Å². The van der Waals surface area contributed by atoms with Crippen molar-refractivity contribution in [3.8, 4) is 0 Å². The van der Waals surface area contributed by atoms with E-state index in [0.717, 1.165) is 31.3 Å². The molecule has 0 amide bonds. The average Bonchev–Trinajstić information content (AvgIpc) is 2.33. The Balaban J connectivity index is 2.67. The van der Waals surface area contributed by atoms with Gasteiger partial charge in [0, 0.05) is 6.08 Å². The zero-order chi connectivity index (χ0) is 14.6. The first kappa shape index (κ1) is 16.0. The Morgan fingerprint density at radius 2 is 2.21 bits per heavy atom. The van der Waals surface area contributed by atoms with Crippen molar-refractivity contribution >= 4 is 5.97 Å². The van der Waals surface area contributed by atoms with E-state index < -0.39 is 0 Å². The fourth-order valence-electron chi connectivity index (χ4n) is 2.91. The molecule has 1 rings (SSSR count). The predicted molar refractivity (Wildman–Crippen MR) is 76.7 cm³/mol. The number of carbonyl (C=O) groups excluding carboxylic acids is 1. The average molecular weight is 266 g/mol. The summed E-state index contributed by atoms with van der Waals surface area (Å²) in [6.07, 6.45) is 4.72. The first-order valence-electron chi connectivity index (χ1n) is 6.90. The number of esters is 1. The van der Waals surface area contributed by atoms with Gasteiger partial charge in [-0.2, -0.15) is 0 Å². The molecule has 0 aromatic carbocycles. The SMILES string of the molecule is C=C1CC[C@H](O)C(C)(C)[C@@H]1CC/C(C)=C/C(=O)OC. The highest BCUT2D eigenvalue weighted by Gasteiger charge is 2.40. The second-order valence-electron chi connectivity index (χ2n) is 6.14. The third kappa shape index (κ3) is 3.93. The van der Waals surface area contributed by atoms with E-state index in [9.17, 15) is 9.90 Å². The summed E-state index contributed by atoms with van der Waals surface area (Å²) in [5.74, 6) is -0.00323. The molecule has 0 heterocycles. The Bertz CT molecular complexity index is 379. The molecular formula is C16H26O3. The summed E-state index contributed by atoms with van der Waals surface area (Å²) in [6.45, 7) is 10.3.